The Bertz CT molecular complexity index is 422. The van der Waals surface area contributed by atoms with Gasteiger partial charge in [-0.05, 0) is 56.5 Å². The summed E-state index contributed by atoms with van der Waals surface area (Å²) in [6.07, 6.45) is 6.34. The van der Waals surface area contributed by atoms with E-state index in [1.165, 1.54) is 38.2 Å². The lowest BCUT2D eigenvalue weighted by Crippen LogP contribution is -2.28. The van der Waals surface area contributed by atoms with Gasteiger partial charge in [-0.3, -0.25) is 0 Å². The summed E-state index contributed by atoms with van der Waals surface area (Å²) in [6.45, 7) is 9.29. The van der Waals surface area contributed by atoms with Crippen LogP contribution in [0.3, 0.4) is 0 Å². The van der Waals surface area contributed by atoms with Crippen LogP contribution in [0.5, 0.6) is 0 Å². The molecule has 3 heteroatoms. The summed E-state index contributed by atoms with van der Waals surface area (Å²) in [5.74, 6) is -0.208. The summed E-state index contributed by atoms with van der Waals surface area (Å²) in [5, 5.41) is 10.3. The van der Waals surface area contributed by atoms with Crippen LogP contribution in [0.1, 0.15) is 69.6 Å². The highest BCUT2D eigenvalue weighted by Gasteiger charge is 2.12. The van der Waals surface area contributed by atoms with E-state index in [4.69, 9.17) is 0 Å². The molecule has 0 aromatic heterocycles. The predicted octanol–water partition coefficient (Wildman–Crippen LogP) is 4.85. The Balaban J connectivity index is 2.48. The Labute approximate surface area is 135 Å². The highest BCUT2D eigenvalue weighted by Crippen LogP contribution is 2.20. The average Bonchev–Trinajstić information content (AvgIpc) is 2.52. The number of aliphatic hydroxyl groups excluding tert-OH is 1. The Morgan fingerprint density at radius 1 is 1.05 bits per heavy atom. The van der Waals surface area contributed by atoms with Gasteiger partial charge < -0.3 is 10.0 Å². The van der Waals surface area contributed by atoms with E-state index in [9.17, 15) is 9.50 Å². The minimum atomic E-state index is -0.505. The molecule has 2 nitrogen and oxygen atoms in total. The van der Waals surface area contributed by atoms with Crippen molar-refractivity contribution in [2.24, 2.45) is 0 Å². The van der Waals surface area contributed by atoms with E-state index in [1.54, 1.807) is 19.1 Å². The molecule has 1 atom stereocenters. The Kier molecular flexibility index (Phi) is 9.33. The largest absolute Gasteiger partial charge is 0.388 e. The third-order valence-corrected chi connectivity index (χ3v) is 4.19. The summed E-state index contributed by atoms with van der Waals surface area (Å²) < 4.78 is 13.3. The van der Waals surface area contributed by atoms with Crippen molar-refractivity contribution in [1.82, 2.24) is 4.90 Å². The summed E-state index contributed by atoms with van der Waals surface area (Å²) in [4.78, 5) is 2.46. The average molecular weight is 309 g/mol. The van der Waals surface area contributed by atoms with E-state index in [2.05, 4.69) is 18.7 Å². The van der Waals surface area contributed by atoms with E-state index < -0.39 is 6.10 Å². The van der Waals surface area contributed by atoms with Crippen LogP contribution in [0.4, 0.5) is 4.39 Å². The fourth-order valence-electron chi connectivity index (χ4n) is 2.65. The van der Waals surface area contributed by atoms with Crippen molar-refractivity contribution in [2.75, 3.05) is 19.6 Å². The molecular formula is C19H32FNO. The van der Waals surface area contributed by atoms with Crippen molar-refractivity contribution < 1.29 is 9.50 Å². The zero-order valence-corrected chi connectivity index (χ0v) is 14.4. The number of aryl methyl sites for hydroxylation is 1. The van der Waals surface area contributed by atoms with Gasteiger partial charge in [0, 0.05) is 6.54 Å². The first kappa shape index (κ1) is 19.1. The van der Waals surface area contributed by atoms with Crippen molar-refractivity contribution in [3.05, 3.63) is 35.1 Å². The molecule has 0 heterocycles. The van der Waals surface area contributed by atoms with E-state index in [0.29, 0.717) is 12.0 Å². The van der Waals surface area contributed by atoms with Crippen LogP contribution in [0.15, 0.2) is 18.2 Å². The van der Waals surface area contributed by atoms with Gasteiger partial charge in [-0.2, -0.15) is 0 Å². The molecular weight excluding hydrogens is 277 g/mol. The number of aliphatic hydroxyl groups is 1. The minimum Gasteiger partial charge on any atom is -0.388 e. The van der Waals surface area contributed by atoms with Gasteiger partial charge in [-0.15, -0.1) is 0 Å². The third-order valence-electron chi connectivity index (χ3n) is 4.19. The maximum Gasteiger partial charge on any atom is 0.126 e. The second-order valence-electron chi connectivity index (χ2n) is 6.22. The fraction of sp³-hybridized carbons (Fsp3) is 0.684. The van der Waals surface area contributed by atoms with Gasteiger partial charge in [0.05, 0.1) is 6.10 Å². The quantitative estimate of drug-likeness (QED) is 0.591. The summed E-state index contributed by atoms with van der Waals surface area (Å²) in [7, 11) is 0. The molecule has 0 aliphatic rings. The van der Waals surface area contributed by atoms with E-state index in [-0.39, 0.29) is 5.82 Å². The molecule has 0 saturated heterocycles. The van der Waals surface area contributed by atoms with Crippen molar-refractivity contribution in [3.8, 4) is 0 Å². The van der Waals surface area contributed by atoms with Crippen LogP contribution in [-0.4, -0.2) is 29.6 Å². The summed E-state index contributed by atoms with van der Waals surface area (Å²) in [5.41, 5.74) is 1.42. The molecule has 0 amide bonds. The standard InChI is InChI=1S/C19H32FNO/c1-4-6-8-13-21(12-7-5-2)14-11-19(22)17-9-10-18(20)16(3)15-17/h9-10,15,19,22H,4-8,11-14H2,1-3H3. The van der Waals surface area contributed by atoms with Gasteiger partial charge in [-0.1, -0.05) is 45.2 Å². The van der Waals surface area contributed by atoms with Gasteiger partial charge in [0.1, 0.15) is 5.82 Å². The monoisotopic (exact) mass is 309 g/mol. The number of hydrogen-bond acceptors (Lipinski definition) is 2. The van der Waals surface area contributed by atoms with Crippen LogP contribution in [-0.2, 0) is 0 Å². The number of nitrogens with zero attached hydrogens (tertiary/aromatic N) is 1. The number of hydrogen-bond donors (Lipinski definition) is 1. The molecule has 0 spiro atoms. The van der Waals surface area contributed by atoms with Gasteiger partial charge in [0.25, 0.3) is 0 Å². The van der Waals surface area contributed by atoms with E-state index >= 15 is 0 Å². The first-order valence-electron chi connectivity index (χ1n) is 8.75. The molecule has 0 aliphatic carbocycles. The lowest BCUT2D eigenvalue weighted by atomic mass is 10.0. The smallest absolute Gasteiger partial charge is 0.126 e. The van der Waals surface area contributed by atoms with Crippen molar-refractivity contribution >= 4 is 0 Å². The lowest BCUT2D eigenvalue weighted by molar-refractivity contribution is 0.140. The summed E-state index contributed by atoms with van der Waals surface area (Å²) >= 11 is 0. The lowest BCUT2D eigenvalue weighted by Gasteiger charge is -2.23. The first-order valence-corrected chi connectivity index (χ1v) is 8.75. The molecule has 0 fully saturated rings. The molecule has 0 bridgehead atoms. The summed E-state index contributed by atoms with van der Waals surface area (Å²) in [6, 6.07) is 4.90. The number of benzene rings is 1. The number of unbranched alkanes of at least 4 members (excludes halogenated alkanes) is 3. The molecule has 0 saturated carbocycles. The minimum absolute atomic E-state index is 0.208. The highest BCUT2D eigenvalue weighted by atomic mass is 19.1. The molecule has 0 radical (unpaired) electrons. The van der Waals surface area contributed by atoms with Gasteiger partial charge in [0.15, 0.2) is 0 Å². The van der Waals surface area contributed by atoms with Crippen LogP contribution >= 0.6 is 0 Å². The molecule has 1 rings (SSSR count). The molecule has 1 aromatic carbocycles. The number of halogens is 1. The van der Waals surface area contributed by atoms with E-state index in [0.717, 1.165) is 25.2 Å². The van der Waals surface area contributed by atoms with Gasteiger partial charge in [0.2, 0.25) is 0 Å². The zero-order chi connectivity index (χ0) is 16.4. The SMILES string of the molecule is CCCCCN(CCCC)CCC(O)c1ccc(F)c(C)c1. The van der Waals surface area contributed by atoms with Crippen LogP contribution in [0, 0.1) is 12.7 Å². The zero-order valence-electron chi connectivity index (χ0n) is 14.4. The van der Waals surface area contributed by atoms with Crippen molar-refractivity contribution in [3.63, 3.8) is 0 Å². The Morgan fingerprint density at radius 3 is 2.36 bits per heavy atom. The maximum absolute atomic E-state index is 13.3. The predicted molar refractivity (Wildman–Crippen MR) is 91.6 cm³/mol. The highest BCUT2D eigenvalue weighted by molar-refractivity contribution is 5.25. The Hall–Kier alpha value is -0.930. The molecule has 1 N–H and O–H groups in total. The second kappa shape index (κ2) is 10.7. The van der Waals surface area contributed by atoms with Crippen molar-refractivity contribution in [1.29, 1.82) is 0 Å². The molecule has 0 aliphatic heterocycles. The second-order valence-corrected chi connectivity index (χ2v) is 6.22. The fourth-order valence-corrected chi connectivity index (χ4v) is 2.65. The topological polar surface area (TPSA) is 23.5 Å². The molecule has 22 heavy (non-hydrogen) atoms. The first-order chi connectivity index (χ1) is 10.6. The van der Waals surface area contributed by atoms with Gasteiger partial charge >= 0.3 is 0 Å². The van der Waals surface area contributed by atoms with Crippen LogP contribution in [0.25, 0.3) is 0 Å². The molecule has 1 aromatic rings. The van der Waals surface area contributed by atoms with Gasteiger partial charge in [-0.25, -0.2) is 4.39 Å². The van der Waals surface area contributed by atoms with Crippen molar-refractivity contribution in [2.45, 2.75) is 65.4 Å². The Morgan fingerprint density at radius 2 is 1.73 bits per heavy atom. The van der Waals surface area contributed by atoms with Crippen LogP contribution in [0.2, 0.25) is 0 Å². The maximum atomic E-state index is 13.3. The van der Waals surface area contributed by atoms with E-state index in [1.807, 2.05) is 0 Å². The normalized spacial score (nSPS) is 12.8. The number of rotatable bonds is 11. The van der Waals surface area contributed by atoms with Crippen LogP contribution < -0.4 is 0 Å². The molecule has 1 unspecified atom stereocenters. The molecule has 126 valence electrons. The third kappa shape index (κ3) is 6.89.